The number of benzene rings is 1. The van der Waals surface area contributed by atoms with Gasteiger partial charge < -0.3 is 0 Å². The number of rotatable bonds is 1. The van der Waals surface area contributed by atoms with Crippen molar-refractivity contribution in [3.8, 4) is 12.1 Å². The van der Waals surface area contributed by atoms with Crippen LogP contribution in [0.3, 0.4) is 0 Å². The molecule has 1 rings (SSSR count). The first-order valence-electron chi connectivity index (χ1n) is 3.21. The van der Waals surface area contributed by atoms with E-state index in [4.69, 9.17) is 10.5 Å². The monoisotopic (exact) mass is 172 g/mol. The molecule has 0 saturated carbocycles. The Hall–Kier alpha value is -1.71. The molecule has 1 aromatic carbocycles. The Morgan fingerprint density at radius 2 is 1.83 bits per heavy atom. The average Bonchev–Trinajstić information content (AvgIpc) is 2.16. The quantitative estimate of drug-likeness (QED) is 0.606. The van der Waals surface area contributed by atoms with Gasteiger partial charge in [0.05, 0.1) is 11.1 Å². The molecule has 0 heterocycles. The largest absolute Gasteiger partial charge is 0.192 e. The molecule has 1 aromatic rings. The van der Waals surface area contributed by atoms with Gasteiger partial charge in [0, 0.05) is 5.37 Å². The zero-order chi connectivity index (χ0) is 8.97. The lowest BCUT2D eigenvalue weighted by Crippen LogP contribution is -1.86. The van der Waals surface area contributed by atoms with Crippen molar-refractivity contribution in [1.82, 2.24) is 0 Å². The van der Waals surface area contributed by atoms with Crippen LogP contribution in [0.5, 0.6) is 0 Å². The fraction of sp³-hybridized carbons (Fsp3) is 0. The van der Waals surface area contributed by atoms with Gasteiger partial charge in [0.2, 0.25) is 0 Å². The van der Waals surface area contributed by atoms with Gasteiger partial charge in [-0.25, -0.2) is 0 Å². The Bertz CT molecular complexity index is 396. The molecule has 0 aliphatic carbocycles. The van der Waals surface area contributed by atoms with Crippen molar-refractivity contribution >= 4 is 17.6 Å². The number of hydrogen-bond acceptors (Lipinski definition) is 3. The lowest BCUT2D eigenvalue weighted by molar-refractivity contribution is 1.43. The van der Waals surface area contributed by atoms with Gasteiger partial charge in [-0.3, -0.25) is 0 Å². The topological polar surface area (TPSA) is 47.6 Å². The maximum atomic E-state index is 8.62. The molecule has 0 spiro atoms. The van der Waals surface area contributed by atoms with Crippen molar-refractivity contribution in [2.45, 2.75) is 0 Å². The highest BCUT2D eigenvalue weighted by Gasteiger charge is 2.00. The summed E-state index contributed by atoms with van der Waals surface area (Å²) < 4.78 is 0. The van der Waals surface area contributed by atoms with E-state index in [9.17, 15) is 0 Å². The lowest BCUT2D eigenvalue weighted by Gasteiger charge is -1.94. The maximum absolute atomic E-state index is 8.62. The van der Waals surface area contributed by atoms with Crippen LogP contribution in [0.15, 0.2) is 18.2 Å². The first-order valence-corrected chi connectivity index (χ1v) is 3.68. The Morgan fingerprint density at radius 1 is 1.17 bits per heavy atom. The smallest absolute Gasteiger partial charge is 0.101 e. The molecule has 2 nitrogen and oxygen atoms in total. The Morgan fingerprint density at radius 3 is 2.33 bits per heavy atom. The molecule has 0 amide bonds. The van der Waals surface area contributed by atoms with E-state index < -0.39 is 0 Å². The van der Waals surface area contributed by atoms with Crippen molar-refractivity contribution < 1.29 is 0 Å². The van der Waals surface area contributed by atoms with Gasteiger partial charge in [-0.15, -0.1) is 0 Å². The molecule has 0 bridgehead atoms. The highest BCUT2D eigenvalue weighted by molar-refractivity contribution is 7.79. The minimum Gasteiger partial charge on any atom is -0.192 e. The summed E-state index contributed by atoms with van der Waals surface area (Å²) in [7, 11) is 0. The van der Waals surface area contributed by atoms with Crippen LogP contribution in [-0.4, -0.2) is 5.37 Å². The predicted molar refractivity (Wildman–Crippen MR) is 48.6 cm³/mol. The number of thiocarbonyl (C=S) groups is 1. The molecule has 0 atom stereocenters. The van der Waals surface area contributed by atoms with Gasteiger partial charge in [0.15, 0.2) is 0 Å². The van der Waals surface area contributed by atoms with Gasteiger partial charge >= 0.3 is 0 Å². The van der Waals surface area contributed by atoms with Crippen molar-refractivity contribution in [2.75, 3.05) is 0 Å². The van der Waals surface area contributed by atoms with Crippen LogP contribution in [0.25, 0.3) is 0 Å². The highest BCUT2D eigenvalue weighted by Crippen LogP contribution is 2.08. The number of hydrogen-bond donors (Lipinski definition) is 0. The second kappa shape index (κ2) is 3.61. The van der Waals surface area contributed by atoms with Gasteiger partial charge in [0.25, 0.3) is 0 Å². The summed E-state index contributed by atoms with van der Waals surface area (Å²) in [5, 5.41) is 18.7. The molecule has 0 aromatic heterocycles. The van der Waals surface area contributed by atoms with Crippen LogP contribution in [0.2, 0.25) is 0 Å². The SMILES string of the molecule is N#Cc1ccc(C=S)cc1C#N. The maximum Gasteiger partial charge on any atom is 0.101 e. The van der Waals surface area contributed by atoms with Crippen molar-refractivity contribution in [1.29, 1.82) is 10.5 Å². The molecule has 56 valence electrons. The summed E-state index contributed by atoms with van der Waals surface area (Å²) in [5.41, 5.74) is 1.54. The summed E-state index contributed by atoms with van der Waals surface area (Å²) in [6.07, 6.45) is 0. The van der Waals surface area contributed by atoms with Gasteiger partial charge in [-0.05, 0) is 17.7 Å². The number of nitriles is 2. The fourth-order valence-corrected chi connectivity index (χ4v) is 0.972. The molecule has 3 heteroatoms. The third kappa shape index (κ3) is 1.47. The van der Waals surface area contributed by atoms with Crippen LogP contribution >= 0.6 is 12.2 Å². The molecule has 0 saturated heterocycles. The standard InChI is InChI=1S/C9H4N2S/c10-4-8-2-1-7(6-12)3-9(8)5-11/h1-3,6H. The third-order valence-electron chi connectivity index (χ3n) is 1.42. The summed E-state index contributed by atoms with van der Waals surface area (Å²) in [6.45, 7) is 0. The molecular weight excluding hydrogens is 168 g/mol. The molecule has 0 aliphatic heterocycles. The zero-order valence-corrected chi connectivity index (χ0v) is 6.93. The van der Waals surface area contributed by atoms with E-state index in [0.717, 1.165) is 5.56 Å². The van der Waals surface area contributed by atoms with Crippen molar-refractivity contribution in [3.05, 3.63) is 34.9 Å². The second-order valence-electron chi connectivity index (χ2n) is 2.15. The minimum absolute atomic E-state index is 0.371. The van der Waals surface area contributed by atoms with Crippen LogP contribution in [0.4, 0.5) is 0 Å². The van der Waals surface area contributed by atoms with E-state index in [2.05, 4.69) is 12.2 Å². The summed E-state index contributed by atoms with van der Waals surface area (Å²) in [4.78, 5) is 0. The molecule has 0 N–H and O–H groups in total. The molecule has 0 fully saturated rings. The average molecular weight is 172 g/mol. The lowest BCUT2D eigenvalue weighted by atomic mass is 10.1. The zero-order valence-electron chi connectivity index (χ0n) is 6.11. The van der Waals surface area contributed by atoms with Crippen molar-refractivity contribution in [2.24, 2.45) is 0 Å². The molecule has 0 unspecified atom stereocenters. The van der Waals surface area contributed by atoms with E-state index in [1.165, 1.54) is 5.37 Å². The molecule has 12 heavy (non-hydrogen) atoms. The Labute approximate surface area is 75.7 Å². The van der Waals surface area contributed by atoms with E-state index in [-0.39, 0.29) is 0 Å². The minimum atomic E-state index is 0.371. The normalized spacial score (nSPS) is 8.17. The first kappa shape index (κ1) is 8.39. The molecule has 0 aliphatic rings. The van der Waals surface area contributed by atoms with E-state index in [1.807, 2.05) is 12.1 Å². The molecular formula is C9H4N2S. The summed E-state index contributed by atoms with van der Waals surface area (Å²) in [5.74, 6) is 0. The predicted octanol–water partition coefficient (Wildman–Crippen LogP) is 1.78. The van der Waals surface area contributed by atoms with Crippen molar-refractivity contribution in [3.63, 3.8) is 0 Å². The van der Waals surface area contributed by atoms with E-state index in [1.54, 1.807) is 18.2 Å². The molecule has 0 radical (unpaired) electrons. The Balaban J connectivity index is 3.34. The van der Waals surface area contributed by atoms with Crippen LogP contribution in [0.1, 0.15) is 16.7 Å². The van der Waals surface area contributed by atoms with E-state index >= 15 is 0 Å². The van der Waals surface area contributed by atoms with Gasteiger partial charge in [0.1, 0.15) is 12.1 Å². The van der Waals surface area contributed by atoms with Crippen LogP contribution < -0.4 is 0 Å². The summed E-state index contributed by atoms with van der Waals surface area (Å²) >= 11 is 4.69. The van der Waals surface area contributed by atoms with Gasteiger partial charge in [-0.2, -0.15) is 10.5 Å². The fourth-order valence-electron chi connectivity index (χ4n) is 0.825. The third-order valence-corrected chi connectivity index (χ3v) is 1.69. The highest BCUT2D eigenvalue weighted by atomic mass is 32.1. The first-order chi connectivity index (χ1) is 5.81. The van der Waals surface area contributed by atoms with E-state index in [0.29, 0.717) is 11.1 Å². The van der Waals surface area contributed by atoms with Crippen LogP contribution in [-0.2, 0) is 0 Å². The number of nitrogens with zero attached hydrogens (tertiary/aromatic N) is 2. The summed E-state index contributed by atoms with van der Waals surface area (Å²) in [6, 6.07) is 8.77. The second-order valence-corrected chi connectivity index (χ2v) is 2.38. The Kier molecular flexibility index (Phi) is 2.53. The van der Waals surface area contributed by atoms with Crippen LogP contribution in [0, 0.1) is 22.7 Å². The van der Waals surface area contributed by atoms with Gasteiger partial charge in [-0.1, -0.05) is 18.3 Å².